The first-order valence-electron chi connectivity index (χ1n) is 11.6. The van der Waals surface area contributed by atoms with E-state index in [2.05, 4.69) is 6.07 Å². The first kappa shape index (κ1) is 24.8. The third kappa shape index (κ3) is 5.04. The maximum absolute atomic E-state index is 10.1. The molecule has 1 aliphatic heterocycles. The van der Waals surface area contributed by atoms with Gasteiger partial charge in [-0.1, -0.05) is 30.4 Å². The third-order valence-electron chi connectivity index (χ3n) is 6.40. The lowest BCUT2D eigenvalue weighted by Crippen LogP contribution is -2.11. The normalized spacial score (nSPS) is 16.4. The predicted molar refractivity (Wildman–Crippen MR) is 151 cm³/mol. The molecular weight excluding hydrogens is 583 g/mol. The van der Waals surface area contributed by atoms with Gasteiger partial charge in [0.15, 0.2) is 0 Å². The average molecular weight is 608 g/mol. The molecule has 4 aromatic carbocycles. The highest BCUT2D eigenvalue weighted by molar-refractivity contribution is 14.1. The van der Waals surface area contributed by atoms with E-state index in [-0.39, 0.29) is 29.3 Å². The maximum atomic E-state index is 10.1. The van der Waals surface area contributed by atoms with Crippen LogP contribution in [0.1, 0.15) is 39.8 Å². The molecule has 4 aromatic rings. The van der Waals surface area contributed by atoms with Crippen LogP contribution in [0.4, 0.5) is 0 Å². The second kappa shape index (κ2) is 10.3. The molecule has 1 heterocycles. The van der Waals surface area contributed by atoms with Gasteiger partial charge in [-0.3, -0.25) is 0 Å². The standard InChI is InChI=1S/C30H25IO6/c1-35-22-14-20(15-23(16-22)36-2)28-24-11-17(3-4-18-12-25(33)29(31)26(34)13-18)5-10-27(24)37-30(28)19-6-8-21(32)9-7-19/h3-16,28,30,32-34H,1-2H3/b4-3+. The van der Waals surface area contributed by atoms with E-state index < -0.39 is 0 Å². The highest BCUT2D eigenvalue weighted by atomic mass is 127. The summed E-state index contributed by atoms with van der Waals surface area (Å²) in [5.41, 5.74) is 4.53. The fourth-order valence-corrected chi connectivity index (χ4v) is 4.89. The Labute approximate surface area is 228 Å². The Morgan fingerprint density at radius 3 is 1.97 bits per heavy atom. The monoisotopic (exact) mass is 608 g/mol. The molecule has 0 bridgehead atoms. The molecule has 0 spiro atoms. The smallest absolute Gasteiger partial charge is 0.135 e. The predicted octanol–water partition coefficient (Wildman–Crippen LogP) is 6.86. The molecule has 6 nitrogen and oxygen atoms in total. The molecule has 0 saturated carbocycles. The number of methoxy groups -OCH3 is 2. The van der Waals surface area contributed by atoms with Crippen LogP contribution in [0.2, 0.25) is 0 Å². The molecule has 2 atom stereocenters. The minimum atomic E-state index is -0.322. The van der Waals surface area contributed by atoms with Crippen molar-refractivity contribution in [3.05, 3.63) is 104 Å². The van der Waals surface area contributed by atoms with Gasteiger partial charge in [0, 0.05) is 11.6 Å². The van der Waals surface area contributed by atoms with Crippen LogP contribution in [-0.2, 0) is 0 Å². The van der Waals surface area contributed by atoms with Gasteiger partial charge in [0.25, 0.3) is 0 Å². The van der Waals surface area contributed by atoms with Gasteiger partial charge in [-0.2, -0.15) is 0 Å². The Morgan fingerprint density at radius 2 is 1.35 bits per heavy atom. The fraction of sp³-hybridized carbons (Fsp3) is 0.133. The van der Waals surface area contributed by atoms with Crippen LogP contribution in [0.3, 0.4) is 0 Å². The SMILES string of the molecule is COc1cc(OC)cc(C2c3cc(/C=C/c4cc(O)c(I)c(O)c4)ccc3OC2c2ccc(O)cc2)c1. The van der Waals surface area contributed by atoms with Crippen molar-refractivity contribution in [2.75, 3.05) is 14.2 Å². The Morgan fingerprint density at radius 1 is 0.730 bits per heavy atom. The van der Waals surface area contributed by atoms with Gasteiger partial charge in [-0.25, -0.2) is 0 Å². The van der Waals surface area contributed by atoms with E-state index in [1.54, 1.807) is 38.5 Å². The molecule has 0 aliphatic carbocycles. The summed E-state index contributed by atoms with van der Waals surface area (Å²) in [6, 6.07) is 22.1. The zero-order chi connectivity index (χ0) is 26.1. The molecule has 2 unspecified atom stereocenters. The summed E-state index contributed by atoms with van der Waals surface area (Å²) >= 11 is 1.90. The van der Waals surface area contributed by atoms with Crippen LogP contribution in [0, 0.1) is 3.57 Å². The fourth-order valence-electron chi connectivity index (χ4n) is 4.58. The summed E-state index contributed by atoms with van der Waals surface area (Å²) in [7, 11) is 3.25. The van der Waals surface area contributed by atoms with Gasteiger partial charge in [0.1, 0.15) is 40.6 Å². The zero-order valence-electron chi connectivity index (χ0n) is 20.2. The number of hydrogen-bond acceptors (Lipinski definition) is 6. The van der Waals surface area contributed by atoms with Crippen LogP contribution in [0.15, 0.2) is 72.8 Å². The van der Waals surface area contributed by atoms with Gasteiger partial charge < -0.3 is 29.5 Å². The molecule has 1 aliphatic rings. The lowest BCUT2D eigenvalue weighted by molar-refractivity contribution is 0.222. The second-order valence-corrected chi connectivity index (χ2v) is 9.84. The van der Waals surface area contributed by atoms with E-state index in [0.29, 0.717) is 20.6 Å². The van der Waals surface area contributed by atoms with E-state index in [1.807, 2.05) is 77.2 Å². The minimum absolute atomic E-state index is 0.0337. The topological polar surface area (TPSA) is 88.4 Å². The summed E-state index contributed by atoms with van der Waals surface area (Å²) in [5.74, 6) is 2.23. The summed E-state index contributed by atoms with van der Waals surface area (Å²) < 4.78 is 17.9. The zero-order valence-corrected chi connectivity index (χ0v) is 22.3. The minimum Gasteiger partial charge on any atom is -0.508 e. The summed E-state index contributed by atoms with van der Waals surface area (Å²) in [4.78, 5) is 0. The van der Waals surface area contributed by atoms with E-state index in [0.717, 1.165) is 28.0 Å². The van der Waals surface area contributed by atoms with Crippen LogP contribution in [0.5, 0.6) is 34.5 Å². The highest BCUT2D eigenvalue weighted by Crippen LogP contribution is 2.51. The molecule has 188 valence electrons. The van der Waals surface area contributed by atoms with Gasteiger partial charge in [0.05, 0.1) is 23.7 Å². The van der Waals surface area contributed by atoms with Crippen molar-refractivity contribution in [2.45, 2.75) is 12.0 Å². The molecule has 37 heavy (non-hydrogen) atoms. The number of aromatic hydroxyl groups is 3. The molecule has 5 rings (SSSR count). The molecule has 3 N–H and O–H groups in total. The molecule has 0 radical (unpaired) electrons. The van der Waals surface area contributed by atoms with Crippen molar-refractivity contribution in [1.29, 1.82) is 0 Å². The summed E-state index contributed by atoms with van der Waals surface area (Å²) in [5, 5.41) is 29.9. The van der Waals surface area contributed by atoms with Crippen molar-refractivity contribution < 1.29 is 29.5 Å². The summed E-state index contributed by atoms with van der Waals surface area (Å²) in [6.45, 7) is 0. The third-order valence-corrected chi connectivity index (χ3v) is 7.51. The number of fused-ring (bicyclic) bond motifs is 1. The molecule has 0 amide bonds. The number of rotatable bonds is 6. The Kier molecular flexibility index (Phi) is 6.88. The van der Waals surface area contributed by atoms with Crippen molar-refractivity contribution >= 4 is 34.7 Å². The lowest BCUT2D eigenvalue weighted by atomic mass is 9.84. The number of phenolic OH excluding ortho intramolecular Hbond substituents is 3. The molecule has 0 aromatic heterocycles. The van der Waals surface area contributed by atoms with Crippen LogP contribution >= 0.6 is 22.6 Å². The summed E-state index contributed by atoms with van der Waals surface area (Å²) in [6.07, 6.45) is 3.45. The van der Waals surface area contributed by atoms with Crippen LogP contribution < -0.4 is 14.2 Å². The Hall–Kier alpha value is -3.85. The quantitative estimate of drug-likeness (QED) is 0.164. The number of halogens is 1. The first-order chi connectivity index (χ1) is 17.9. The van der Waals surface area contributed by atoms with Gasteiger partial charge >= 0.3 is 0 Å². The largest absolute Gasteiger partial charge is 0.508 e. The van der Waals surface area contributed by atoms with E-state index in [4.69, 9.17) is 14.2 Å². The lowest BCUT2D eigenvalue weighted by Gasteiger charge is -2.21. The second-order valence-electron chi connectivity index (χ2n) is 8.76. The van der Waals surface area contributed by atoms with Gasteiger partial charge in [0.2, 0.25) is 0 Å². The first-order valence-corrected chi connectivity index (χ1v) is 12.7. The molecule has 0 fully saturated rings. The van der Waals surface area contributed by atoms with E-state index in [9.17, 15) is 15.3 Å². The molecule has 7 heteroatoms. The Balaban J connectivity index is 1.58. The molecular formula is C30H25IO6. The Bertz CT molecular complexity index is 1430. The van der Waals surface area contributed by atoms with E-state index >= 15 is 0 Å². The van der Waals surface area contributed by atoms with E-state index in [1.165, 1.54) is 0 Å². The number of ether oxygens (including phenoxy) is 3. The maximum Gasteiger partial charge on any atom is 0.135 e. The van der Waals surface area contributed by atoms with Crippen molar-refractivity contribution in [3.8, 4) is 34.5 Å². The van der Waals surface area contributed by atoms with Crippen molar-refractivity contribution in [2.24, 2.45) is 0 Å². The van der Waals surface area contributed by atoms with Crippen LogP contribution in [0.25, 0.3) is 12.2 Å². The van der Waals surface area contributed by atoms with Crippen molar-refractivity contribution in [3.63, 3.8) is 0 Å². The number of phenols is 3. The van der Waals surface area contributed by atoms with Crippen LogP contribution in [-0.4, -0.2) is 29.5 Å². The number of benzene rings is 4. The van der Waals surface area contributed by atoms with Gasteiger partial charge in [-0.05, 0) is 93.4 Å². The van der Waals surface area contributed by atoms with Gasteiger partial charge in [-0.15, -0.1) is 0 Å². The van der Waals surface area contributed by atoms with Crippen molar-refractivity contribution in [1.82, 2.24) is 0 Å². The molecule has 0 saturated heterocycles. The highest BCUT2D eigenvalue weighted by Gasteiger charge is 2.37. The number of hydrogen-bond donors (Lipinski definition) is 3. The average Bonchev–Trinajstić information content (AvgIpc) is 3.29.